The quantitative estimate of drug-likeness (QED) is 0.632. The van der Waals surface area contributed by atoms with Gasteiger partial charge >= 0.3 is 0 Å². The highest BCUT2D eigenvalue weighted by atomic mass is 79.9. The third-order valence-electron chi connectivity index (χ3n) is 3.01. The lowest BCUT2D eigenvalue weighted by Crippen LogP contribution is -2.24. The Balaban J connectivity index is 2.22. The summed E-state index contributed by atoms with van der Waals surface area (Å²) in [5, 5.41) is 3.44. The molecule has 1 nitrogen and oxygen atoms in total. The summed E-state index contributed by atoms with van der Waals surface area (Å²) >= 11 is 8.47. The third-order valence-corrected chi connectivity index (χ3v) is 5.15. The second-order valence-electron chi connectivity index (χ2n) is 4.58. The molecule has 1 unspecified atom stereocenters. The number of rotatable bonds is 6. The number of hydrogen-bond acceptors (Lipinski definition) is 2. The van der Waals surface area contributed by atoms with Crippen molar-refractivity contribution >= 4 is 43.2 Å². The molecule has 1 N–H and O–H groups in total. The molecule has 0 amide bonds. The first kappa shape index (κ1) is 16.1. The van der Waals surface area contributed by atoms with Crippen LogP contribution in [-0.2, 0) is 6.42 Å². The molecule has 0 saturated carbocycles. The van der Waals surface area contributed by atoms with E-state index < -0.39 is 0 Å². The molecule has 0 bridgehead atoms. The first-order chi connectivity index (χ1) is 9.60. The fraction of sp³-hybridized carbons (Fsp3) is 0.333. The first-order valence-corrected chi connectivity index (χ1v) is 8.93. The monoisotopic (exact) mass is 419 g/mol. The maximum atomic E-state index is 14.2. The van der Waals surface area contributed by atoms with Crippen LogP contribution in [0.15, 0.2) is 38.6 Å². The average Bonchev–Trinajstić information content (AvgIpc) is 2.80. The lowest BCUT2D eigenvalue weighted by Gasteiger charge is -2.19. The molecular weight excluding hydrogens is 405 g/mol. The van der Waals surface area contributed by atoms with Crippen LogP contribution in [0.4, 0.5) is 4.39 Å². The van der Waals surface area contributed by atoms with E-state index in [4.69, 9.17) is 0 Å². The SMILES string of the molecule is CCCNC(Cc1ccc(Br)s1)c1ccc(Br)cc1F. The molecular formula is C15H16Br2FNS. The second kappa shape index (κ2) is 7.69. The van der Waals surface area contributed by atoms with Gasteiger partial charge in [-0.2, -0.15) is 0 Å². The predicted octanol–water partition coefficient (Wildman–Crippen LogP) is 5.70. The molecule has 2 rings (SSSR count). The van der Waals surface area contributed by atoms with E-state index in [1.165, 1.54) is 10.9 Å². The normalized spacial score (nSPS) is 12.6. The molecule has 1 aromatic carbocycles. The Labute approximate surface area is 139 Å². The van der Waals surface area contributed by atoms with Crippen LogP contribution in [0.1, 0.15) is 29.8 Å². The van der Waals surface area contributed by atoms with Gasteiger partial charge in [-0.15, -0.1) is 11.3 Å². The Morgan fingerprint density at radius 3 is 2.65 bits per heavy atom. The largest absolute Gasteiger partial charge is 0.310 e. The fourth-order valence-corrected chi connectivity index (χ4v) is 3.92. The zero-order valence-corrected chi connectivity index (χ0v) is 15.1. The lowest BCUT2D eigenvalue weighted by atomic mass is 10.0. The van der Waals surface area contributed by atoms with Gasteiger partial charge in [0, 0.05) is 27.4 Å². The minimum atomic E-state index is -0.163. The van der Waals surface area contributed by atoms with Gasteiger partial charge in [0.2, 0.25) is 0 Å². The Morgan fingerprint density at radius 2 is 2.05 bits per heavy atom. The Hall–Kier alpha value is -0.230. The molecule has 0 spiro atoms. The molecule has 20 heavy (non-hydrogen) atoms. The van der Waals surface area contributed by atoms with Crippen LogP contribution >= 0.6 is 43.2 Å². The molecule has 0 fully saturated rings. The van der Waals surface area contributed by atoms with Gasteiger partial charge in [-0.3, -0.25) is 0 Å². The van der Waals surface area contributed by atoms with Gasteiger partial charge in [0.05, 0.1) is 3.79 Å². The highest BCUT2D eigenvalue weighted by molar-refractivity contribution is 9.11. The van der Waals surface area contributed by atoms with E-state index in [0.29, 0.717) is 0 Å². The topological polar surface area (TPSA) is 12.0 Å². The van der Waals surface area contributed by atoms with Crippen LogP contribution in [-0.4, -0.2) is 6.54 Å². The minimum Gasteiger partial charge on any atom is -0.310 e. The summed E-state index contributed by atoms with van der Waals surface area (Å²) in [5.74, 6) is -0.163. The van der Waals surface area contributed by atoms with Crippen LogP contribution in [0.5, 0.6) is 0 Å². The highest BCUT2D eigenvalue weighted by Crippen LogP contribution is 2.29. The predicted molar refractivity (Wildman–Crippen MR) is 90.9 cm³/mol. The molecule has 1 atom stereocenters. The molecule has 0 aliphatic heterocycles. The summed E-state index contributed by atoms with van der Waals surface area (Å²) in [6, 6.07) is 9.41. The highest BCUT2D eigenvalue weighted by Gasteiger charge is 2.17. The summed E-state index contributed by atoms with van der Waals surface area (Å²) < 4.78 is 16.0. The molecule has 1 heterocycles. The molecule has 0 aliphatic carbocycles. The van der Waals surface area contributed by atoms with E-state index in [9.17, 15) is 4.39 Å². The Kier molecular flexibility index (Phi) is 6.20. The zero-order chi connectivity index (χ0) is 14.5. The van der Waals surface area contributed by atoms with Crippen LogP contribution < -0.4 is 5.32 Å². The van der Waals surface area contributed by atoms with Gasteiger partial charge in [-0.25, -0.2) is 4.39 Å². The third kappa shape index (κ3) is 4.38. The van der Waals surface area contributed by atoms with Crippen LogP contribution in [0.3, 0.4) is 0 Å². The van der Waals surface area contributed by atoms with Crippen molar-refractivity contribution in [1.82, 2.24) is 5.32 Å². The summed E-state index contributed by atoms with van der Waals surface area (Å²) in [6.45, 7) is 3.00. The van der Waals surface area contributed by atoms with Crippen LogP contribution in [0.2, 0.25) is 0 Å². The second-order valence-corrected chi connectivity index (χ2v) is 8.05. The van der Waals surface area contributed by atoms with E-state index >= 15 is 0 Å². The van der Waals surface area contributed by atoms with Crippen LogP contribution in [0.25, 0.3) is 0 Å². The zero-order valence-electron chi connectivity index (χ0n) is 11.1. The van der Waals surface area contributed by atoms with E-state index in [-0.39, 0.29) is 11.9 Å². The average molecular weight is 421 g/mol. The number of hydrogen-bond donors (Lipinski definition) is 1. The Bertz CT molecular complexity index is 571. The van der Waals surface area contributed by atoms with E-state index in [0.717, 1.165) is 33.2 Å². The summed E-state index contributed by atoms with van der Waals surface area (Å²) in [7, 11) is 0. The van der Waals surface area contributed by atoms with Crippen molar-refractivity contribution in [2.75, 3.05) is 6.54 Å². The number of nitrogens with one attached hydrogen (secondary N) is 1. The Morgan fingerprint density at radius 1 is 1.25 bits per heavy atom. The summed E-state index contributed by atoms with van der Waals surface area (Å²) in [4.78, 5) is 1.24. The molecule has 1 aromatic heterocycles. The van der Waals surface area contributed by atoms with Crippen LogP contribution in [0, 0.1) is 5.82 Å². The summed E-state index contributed by atoms with van der Waals surface area (Å²) in [5.41, 5.74) is 0.728. The van der Waals surface area contributed by atoms with Gasteiger partial charge in [0.15, 0.2) is 0 Å². The fourth-order valence-electron chi connectivity index (χ4n) is 2.06. The van der Waals surface area contributed by atoms with Gasteiger partial charge in [0.25, 0.3) is 0 Å². The maximum absolute atomic E-state index is 14.2. The minimum absolute atomic E-state index is 0.00796. The number of benzene rings is 1. The van der Waals surface area contributed by atoms with Gasteiger partial charge in [-0.1, -0.05) is 28.9 Å². The number of thiophene rings is 1. The van der Waals surface area contributed by atoms with E-state index in [2.05, 4.69) is 50.2 Å². The van der Waals surface area contributed by atoms with Crippen molar-refractivity contribution in [3.05, 3.63) is 54.8 Å². The summed E-state index contributed by atoms with van der Waals surface area (Å²) in [6.07, 6.45) is 1.83. The van der Waals surface area contributed by atoms with Gasteiger partial charge in [-0.05, 0) is 53.2 Å². The molecule has 0 radical (unpaired) electrons. The van der Waals surface area contributed by atoms with Crippen molar-refractivity contribution in [3.63, 3.8) is 0 Å². The molecule has 0 aliphatic rings. The van der Waals surface area contributed by atoms with Crippen molar-refractivity contribution in [3.8, 4) is 0 Å². The van der Waals surface area contributed by atoms with E-state index in [1.54, 1.807) is 11.3 Å². The van der Waals surface area contributed by atoms with Crippen molar-refractivity contribution in [2.24, 2.45) is 0 Å². The molecule has 5 heteroatoms. The van der Waals surface area contributed by atoms with Crippen molar-refractivity contribution in [2.45, 2.75) is 25.8 Å². The first-order valence-electron chi connectivity index (χ1n) is 6.52. The molecule has 0 saturated heterocycles. The standard InChI is InChI=1S/C15H16Br2FNS/c1-2-7-19-14(9-11-4-6-15(17)20-11)12-5-3-10(16)8-13(12)18/h3-6,8,14,19H,2,7,9H2,1H3. The van der Waals surface area contributed by atoms with Gasteiger partial charge < -0.3 is 5.32 Å². The van der Waals surface area contributed by atoms with Crippen molar-refractivity contribution < 1.29 is 4.39 Å². The maximum Gasteiger partial charge on any atom is 0.129 e. The van der Waals surface area contributed by atoms with E-state index in [1.807, 2.05) is 18.2 Å². The molecule has 2 aromatic rings. The smallest absolute Gasteiger partial charge is 0.129 e. The van der Waals surface area contributed by atoms with Crippen molar-refractivity contribution in [1.29, 1.82) is 0 Å². The number of halogens is 3. The van der Waals surface area contributed by atoms with Gasteiger partial charge in [0.1, 0.15) is 5.82 Å². The molecule has 108 valence electrons. The lowest BCUT2D eigenvalue weighted by molar-refractivity contribution is 0.499.